The molecule has 2 heteroatoms. The summed E-state index contributed by atoms with van der Waals surface area (Å²) < 4.78 is 0. The summed E-state index contributed by atoms with van der Waals surface area (Å²) in [6.07, 6.45) is 4.10. The molecule has 0 heterocycles. The van der Waals surface area contributed by atoms with Crippen LogP contribution in [0.3, 0.4) is 0 Å². The third-order valence-electron chi connectivity index (χ3n) is 3.18. The lowest BCUT2D eigenvalue weighted by Gasteiger charge is -2.23. The Morgan fingerprint density at radius 3 is 2.43 bits per heavy atom. The third-order valence-corrected chi connectivity index (χ3v) is 3.18. The Bertz CT molecular complexity index is 160. The summed E-state index contributed by atoms with van der Waals surface area (Å²) in [4.78, 5) is 0. The van der Waals surface area contributed by atoms with E-state index in [1.54, 1.807) is 0 Å². The second kappa shape index (κ2) is 5.13. The maximum Gasteiger partial charge on any atom is -0.000000738 e. The van der Waals surface area contributed by atoms with Crippen molar-refractivity contribution in [3.63, 3.8) is 0 Å². The van der Waals surface area contributed by atoms with Crippen LogP contribution in [0, 0.1) is 17.3 Å². The van der Waals surface area contributed by atoms with Gasteiger partial charge in [-0.2, -0.15) is 0 Å². The number of hydrogen-bond acceptors (Lipinski definition) is 2. The maximum absolute atomic E-state index is 5.75. The van der Waals surface area contributed by atoms with Crippen LogP contribution in [0.25, 0.3) is 0 Å². The van der Waals surface area contributed by atoms with Crippen molar-refractivity contribution < 1.29 is 0 Å². The Morgan fingerprint density at radius 1 is 1.21 bits per heavy atom. The van der Waals surface area contributed by atoms with Crippen LogP contribution >= 0.6 is 0 Å². The zero-order valence-electron chi connectivity index (χ0n) is 9.97. The van der Waals surface area contributed by atoms with Crippen molar-refractivity contribution in [1.29, 1.82) is 0 Å². The summed E-state index contributed by atoms with van der Waals surface area (Å²) in [6.45, 7) is 9.97. The van der Waals surface area contributed by atoms with Crippen LogP contribution in [0.4, 0.5) is 0 Å². The summed E-state index contributed by atoms with van der Waals surface area (Å²) in [7, 11) is 0. The Balaban J connectivity index is 2.18. The van der Waals surface area contributed by atoms with Crippen molar-refractivity contribution in [2.45, 2.75) is 40.0 Å². The van der Waals surface area contributed by atoms with Crippen molar-refractivity contribution >= 4 is 0 Å². The second-order valence-electron chi connectivity index (χ2n) is 5.88. The molecule has 2 atom stereocenters. The normalized spacial score (nSPS) is 28.3. The van der Waals surface area contributed by atoms with Gasteiger partial charge in [0.2, 0.25) is 0 Å². The van der Waals surface area contributed by atoms with Gasteiger partial charge in [0.15, 0.2) is 0 Å². The molecular weight excluding hydrogens is 172 g/mol. The fourth-order valence-electron chi connectivity index (χ4n) is 2.33. The van der Waals surface area contributed by atoms with Crippen LogP contribution in [0.15, 0.2) is 0 Å². The molecule has 3 N–H and O–H groups in total. The van der Waals surface area contributed by atoms with Gasteiger partial charge >= 0.3 is 0 Å². The SMILES string of the molecule is CC(C)(C)CNCC1CCCC1CN. The molecule has 0 amide bonds. The predicted octanol–water partition coefficient (Wildman–Crippen LogP) is 2.00. The molecule has 1 saturated carbocycles. The first-order valence-electron chi connectivity index (χ1n) is 5.94. The van der Waals surface area contributed by atoms with Gasteiger partial charge in [0.25, 0.3) is 0 Å². The molecule has 0 aromatic carbocycles. The Kier molecular flexibility index (Phi) is 4.39. The number of nitrogens with two attached hydrogens (primary N) is 1. The molecule has 0 spiro atoms. The van der Waals surface area contributed by atoms with Gasteiger partial charge in [-0.15, -0.1) is 0 Å². The van der Waals surface area contributed by atoms with Crippen molar-refractivity contribution in [1.82, 2.24) is 5.32 Å². The van der Waals surface area contributed by atoms with Gasteiger partial charge in [-0.3, -0.25) is 0 Å². The van der Waals surface area contributed by atoms with E-state index in [-0.39, 0.29) is 0 Å². The molecule has 2 nitrogen and oxygen atoms in total. The lowest BCUT2D eigenvalue weighted by Crippen LogP contribution is -2.33. The second-order valence-corrected chi connectivity index (χ2v) is 5.88. The highest BCUT2D eigenvalue weighted by Gasteiger charge is 2.25. The van der Waals surface area contributed by atoms with Gasteiger partial charge in [0.05, 0.1) is 0 Å². The monoisotopic (exact) mass is 198 g/mol. The summed E-state index contributed by atoms with van der Waals surface area (Å²) in [5, 5.41) is 3.58. The Labute approximate surface area is 88.6 Å². The van der Waals surface area contributed by atoms with E-state index < -0.39 is 0 Å². The zero-order chi connectivity index (χ0) is 10.6. The molecule has 84 valence electrons. The molecule has 0 aromatic heterocycles. The first-order chi connectivity index (χ1) is 6.53. The van der Waals surface area contributed by atoms with Crippen LogP contribution in [0.5, 0.6) is 0 Å². The number of nitrogens with one attached hydrogen (secondary N) is 1. The molecule has 0 saturated heterocycles. The molecule has 1 fully saturated rings. The maximum atomic E-state index is 5.75. The van der Waals surface area contributed by atoms with Gasteiger partial charge in [0, 0.05) is 0 Å². The van der Waals surface area contributed by atoms with Crippen LogP contribution in [-0.2, 0) is 0 Å². The van der Waals surface area contributed by atoms with Crippen LogP contribution < -0.4 is 11.1 Å². The van der Waals surface area contributed by atoms with E-state index in [0.717, 1.165) is 24.9 Å². The van der Waals surface area contributed by atoms with Crippen molar-refractivity contribution in [2.24, 2.45) is 23.0 Å². The average molecular weight is 198 g/mol. The van der Waals surface area contributed by atoms with E-state index >= 15 is 0 Å². The quantitative estimate of drug-likeness (QED) is 0.725. The largest absolute Gasteiger partial charge is 0.330 e. The van der Waals surface area contributed by atoms with Crippen molar-refractivity contribution in [3.05, 3.63) is 0 Å². The van der Waals surface area contributed by atoms with Gasteiger partial charge in [-0.05, 0) is 49.7 Å². The summed E-state index contributed by atoms with van der Waals surface area (Å²) in [5.74, 6) is 1.62. The van der Waals surface area contributed by atoms with Crippen LogP contribution in [0.2, 0.25) is 0 Å². The minimum absolute atomic E-state index is 0.400. The zero-order valence-corrected chi connectivity index (χ0v) is 9.97. The van der Waals surface area contributed by atoms with E-state index in [1.165, 1.54) is 25.8 Å². The molecule has 0 radical (unpaired) electrons. The number of hydrogen-bond donors (Lipinski definition) is 2. The highest BCUT2D eigenvalue weighted by molar-refractivity contribution is 4.80. The lowest BCUT2D eigenvalue weighted by atomic mass is 9.94. The Morgan fingerprint density at radius 2 is 1.86 bits per heavy atom. The fourth-order valence-corrected chi connectivity index (χ4v) is 2.33. The van der Waals surface area contributed by atoms with Crippen molar-refractivity contribution in [3.8, 4) is 0 Å². The van der Waals surface area contributed by atoms with Gasteiger partial charge in [-0.25, -0.2) is 0 Å². The van der Waals surface area contributed by atoms with E-state index in [1.807, 2.05) is 0 Å². The molecule has 0 aromatic rings. The fraction of sp³-hybridized carbons (Fsp3) is 1.00. The number of rotatable bonds is 4. The molecule has 0 aliphatic heterocycles. The molecule has 1 rings (SSSR count). The molecule has 2 unspecified atom stereocenters. The van der Waals surface area contributed by atoms with E-state index in [9.17, 15) is 0 Å². The molecule has 1 aliphatic rings. The van der Waals surface area contributed by atoms with E-state index in [4.69, 9.17) is 5.73 Å². The van der Waals surface area contributed by atoms with E-state index in [0.29, 0.717) is 5.41 Å². The highest BCUT2D eigenvalue weighted by Crippen LogP contribution is 2.30. The summed E-state index contributed by atoms with van der Waals surface area (Å²) in [5.41, 5.74) is 6.15. The summed E-state index contributed by atoms with van der Waals surface area (Å²) >= 11 is 0. The van der Waals surface area contributed by atoms with E-state index in [2.05, 4.69) is 26.1 Å². The molecule has 0 bridgehead atoms. The molecular formula is C12H26N2. The third kappa shape index (κ3) is 3.97. The van der Waals surface area contributed by atoms with Gasteiger partial charge in [-0.1, -0.05) is 27.2 Å². The average Bonchev–Trinajstić information content (AvgIpc) is 2.49. The van der Waals surface area contributed by atoms with Crippen molar-refractivity contribution in [2.75, 3.05) is 19.6 Å². The smallest absolute Gasteiger partial charge is 0.000000738 e. The summed E-state index contributed by atoms with van der Waals surface area (Å²) in [6, 6.07) is 0. The minimum Gasteiger partial charge on any atom is -0.330 e. The van der Waals surface area contributed by atoms with Gasteiger partial charge < -0.3 is 11.1 Å². The lowest BCUT2D eigenvalue weighted by molar-refractivity contribution is 0.327. The van der Waals surface area contributed by atoms with Gasteiger partial charge in [0.1, 0.15) is 0 Å². The topological polar surface area (TPSA) is 38.0 Å². The minimum atomic E-state index is 0.400. The first kappa shape index (κ1) is 12.0. The Hall–Kier alpha value is -0.0800. The standard InChI is InChI=1S/C12H26N2/c1-12(2,3)9-14-8-11-6-4-5-10(11)7-13/h10-11,14H,4-9,13H2,1-3H3. The molecule has 14 heavy (non-hydrogen) atoms. The first-order valence-corrected chi connectivity index (χ1v) is 5.94. The van der Waals surface area contributed by atoms with Crippen LogP contribution in [0.1, 0.15) is 40.0 Å². The van der Waals surface area contributed by atoms with Crippen LogP contribution in [-0.4, -0.2) is 19.6 Å². The predicted molar refractivity (Wildman–Crippen MR) is 62.2 cm³/mol. The highest BCUT2D eigenvalue weighted by atomic mass is 14.9. The molecule has 1 aliphatic carbocycles.